The van der Waals surface area contributed by atoms with Gasteiger partial charge in [0.05, 0.1) is 0 Å². The molecule has 1 aromatic carbocycles. The lowest BCUT2D eigenvalue weighted by molar-refractivity contribution is -0.0500. The van der Waals surface area contributed by atoms with Gasteiger partial charge in [-0.3, -0.25) is 0 Å². The Morgan fingerprint density at radius 3 is 1.50 bits per heavy atom. The topological polar surface area (TPSA) is 9.23 Å². The Morgan fingerprint density at radius 2 is 1.22 bits per heavy atom. The van der Waals surface area contributed by atoms with Gasteiger partial charge >= 0.3 is 6.61 Å². The maximum atomic E-state index is 12.4. The van der Waals surface area contributed by atoms with E-state index in [0.29, 0.717) is 0 Å². The van der Waals surface area contributed by atoms with E-state index in [9.17, 15) is 8.78 Å². The molecule has 1 nitrogen and oxygen atoms in total. The summed E-state index contributed by atoms with van der Waals surface area (Å²) in [4.78, 5) is 0. The van der Waals surface area contributed by atoms with Gasteiger partial charge in [0, 0.05) is 0 Å². The van der Waals surface area contributed by atoms with E-state index in [1.807, 2.05) is 0 Å². The average Bonchev–Trinajstić information content (AvgIpc) is 2.13. The summed E-state index contributed by atoms with van der Waals surface area (Å²) in [6.07, 6.45) is 0. The molecule has 0 amide bonds. The number of halogens is 2. The van der Waals surface area contributed by atoms with Crippen LogP contribution in [0.25, 0.3) is 0 Å². The number of hydrogen-bond acceptors (Lipinski definition) is 1. The predicted molar refractivity (Wildman–Crippen MR) is 70.5 cm³/mol. The summed E-state index contributed by atoms with van der Waals surface area (Å²) in [6, 6.07) is 5.46. The molecule has 0 fully saturated rings. The molecule has 0 aromatic heterocycles. The zero-order valence-electron chi connectivity index (χ0n) is 12.0. The molecule has 102 valence electrons. The molecule has 0 saturated heterocycles. The Bertz CT molecular complexity index is 379. The lowest BCUT2D eigenvalue weighted by atomic mass is 9.80. The summed E-state index contributed by atoms with van der Waals surface area (Å²) in [6.45, 7) is 9.55. The molecular formula is C15H22F2O. The van der Waals surface area contributed by atoms with Gasteiger partial charge in [-0.15, -0.1) is 0 Å². The highest BCUT2D eigenvalue weighted by Gasteiger charge is 2.21. The van der Waals surface area contributed by atoms with Crippen molar-refractivity contribution < 1.29 is 13.5 Å². The van der Waals surface area contributed by atoms with Crippen molar-refractivity contribution in [1.29, 1.82) is 0 Å². The zero-order chi connectivity index (χ0) is 14.1. The van der Waals surface area contributed by atoms with Gasteiger partial charge < -0.3 is 4.74 Å². The number of alkyl halides is 2. The summed E-state index contributed by atoms with van der Waals surface area (Å²) >= 11 is 0. The maximum absolute atomic E-state index is 12.4. The summed E-state index contributed by atoms with van der Waals surface area (Å²) < 4.78 is 29.3. The highest BCUT2D eigenvalue weighted by Crippen LogP contribution is 2.33. The van der Waals surface area contributed by atoms with Crippen molar-refractivity contribution in [3.8, 4) is 5.75 Å². The Hall–Kier alpha value is -1.12. The fourth-order valence-corrected chi connectivity index (χ4v) is 1.64. The van der Waals surface area contributed by atoms with Gasteiger partial charge in [0.1, 0.15) is 5.75 Å². The van der Waals surface area contributed by atoms with Crippen LogP contribution in [0.1, 0.15) is 52.7 Å². The minimum absolute atomic E-state index is 0.0957. The standard InChI is InChI=1S/C15H22F2O/c1-14(2,3)10-7-11(15(4,5)6)9-12(8-10)18-13(16)17/h7-9,13H,1-6H3. The molecule has 0 radical (unpaired) electrons. The summed E-state index contributed by atoms with van der Waals surface area (Å²) in [5.41, 5.74) is 1.82. The van der Waals surface area contributed by atoms with Crippen LogP contribution in [0, 0.1) is 0 Å². The Labute approximate surface area is 108 Å². The third kappa shape index (κ3) is 3.97. The lowest BCUT2D eigenvalue weighted by Crippen LogP contribution is -2.17. The molecule has 0 spiro atoms. The average molecular weight is 256 g/mol. The summed E-state index contributed by atoms with van der Waals surface area (Å²) in [5, 5.41) is 0. The van der Waals surface area contributed by atoms with Crippen molar-refractivity contribution in [2.45, 2.75) is 59.0 Å². The van der Waals surface area contributed by atoms with E-state index in [4.69, 9.17) is 0 Å². The SMILES string of the molecule is CC(C)(C)c1cc(OC(F)F)cc(C(C)(C)C)c1. The fourth-order valence-electron chi connectivity index (χ4n) is 1.64. The van der Waals surface area contributed by atoms with E-state index >= 15 is 0 Å². The van der Waals surface area contributed by atoms with Crippen LogP contribution in [-0.2, 0) is 10.8 Å². The molecule has 0 bridgehead atoms. The number of rotatable bonds is 2. The monoisotopic (exact) mass is 256 g/mol. The van der Waals surface area contributed by atoms with Gasteiger partial charge in [-0.2, -0.15) is 8.78 Å². The Morgan fingerprint density at radius 1 is 0.833 bits per heavy atom. The first-order valence-corrected chi connectivity index (χ1v) is 6.11. The second-order valence-corrected chi connectivity index (χ2v) is 6.62. The number of hydrogen-bond donors (Lipinski definition) is 0. The van der Waals surface area contributed by atoms with Crippen molar-refractivity contribution in [3.05, 3.63) is 29.3 Å². The Kier molecular flexibility index (Phi) is 4.04. The van der Waals surface area contributed by atoms with Crippen LogP contribution in [0.3, 0.4) is 0 Å². The molecule has 1 aromatic rings. The molecule has 3 heteroatoms. The van der Waals surface area contributed by atoms with Gasteiger partial charge in [0.2, 0.25) is 0 Å². The molecule has 18 heavy (non-hydrogen) atoms. The first-order valence-electron chi connectivity index (χ1n) is 6.11. The second kappa shape index (κ2) is 4.87. The first kappa shape index (κ1) is 14.9. The second-order valence-electron chi connectivity index (χ2n) is 6.62. The molecule has 0 heterocycles. The van der Waals surface area contributed by atoms with Gasteiger partial charge in [-0.1, -0.05) is 47.6 Å². The Balaban J connectivity index is 3.29. The van der Waals surface area contributed by atoms with E-state index in [-0.39, 0.29) is 16.6 Å². The largest absolute Gasteiger partial charge is 0.435 e. The molecule has 0 atom stereocenters. The van der Waals surface area contributed by atoms with E-state index in [2.05, 4.69) is 52.3 Å². The molecule has 1 rings (SSSR count). The molecule has 0 aliphatic carbocycles. The van der Waals surface area contributed by atoms with E-state index in [1.165, 1.54) is 0 Å². The minimum Gasteiger partial charge on any atom is -0.435 e. The van der Waals surface area contributed by atoms with Crippen LogP contribution in [0.15, 0.2) is 18.2 Å². The van der Waals surface area contributed by atoms with Crippen LogP contribution < -0.4 is 4.74 Å². The van der Waals surface area contributed by atoms with Crippen molar-refractivity contribution in [3.63, 3.8) is 0 Å². The molecule has 0 unspecified atom stereocenters. The van der Waals surface area contributed by atoms with Gasteiger partial charge in [0.15, 0.2) is 0 Å². The zero-order valence-corrected chi connectivity index (χ0v) is 12.0. The molecule has 0 aliphatic heterocycles. The van der Waals surface area contributed by atoms with Gasteiger partial charge in [-0.25, -0.2) is 0 Å². The predicted octanol–water partition coefficient (Wildman–Crippen LogP) is 4.88. The summed E-state index contributed by atoms with van der Waals surface area (Å²) in [5.74, 6) is 0.238. The highest BCUT2D eigenvalue weighted by molar-refractivity contribution is 5.40. The molecular weight excluding hydrogens is 234 g/mol. The van der Waals surface area contributed by atoms with E-state index in [0.717, 1.165) is 11.1 Å². The third-order valence-electron chi connectivity index (χ3n) is 2.86. The number of ether oxygens (including phenoxy) is 1. The van der Waals surface area contributed by atoms with Crippen LogP contribution in [-0.4, -0.2) is 6.61 Å². The van der Waals surface area contributed by atoms with Gasteiger partial charge in [0.25, 0.3) is 0 Å². The minimum atomic E-state index is -2.78. The normalized spacial score (nSPS) is 12.9. The van der Waals surface area contributed by atoms with E-state index in [1.54, 1.807) is 12.1 Å². The van der Waals surface area contributed by atoms with Crippen LogP contribution in [0.4, 0.5) is 8.78 Å². The first-order chi connectivity index (χ1) is 8.00. The quantitative estimate of drug-likeness (QED) is 0.732. The van der Waals surface area contributed by atoms with Crippen LogP contribution in [0.2, 0.25) is 0 Å². The van der Waals surface area contributed by atoms with Crippen LogP contribution in [0.5, 0.6) is 5.75 Å². The van der Waals surface area contributed by atoms with Crippen molar-refractivity contribution in [2.24, 2.45) is 0 Å². The summed E-state index contributed by atoms with van der Waals surface area (Å²) in [7, 11) is 0. The lowest BCUT2D eigenvalue weighted by Gasteiger charge is -2.26. The van der Waals surface area contributed by atoms with Crippen molar-refractivity contribution in [1.82, 2.24) is 0 Å². The van der Waals surface area contributed by atoms with Gasteiger partial charge in [-0.05, 0) is 34.1 Å². The third-order valence-corrected chi connectivity index (χ3v) is 2.86. The fraction of sp³-hybridized carbons (Fsp3) is 0.600. The molecule has 0 N–H and O–H groups in total. The molecule has 0 aliphatic rings. The van der Waals surface area contributed by atoms with Crippen molar-refractivity contribution >= 4 is 0 Å². The smallest absolute Gasteiger partial charge is 0.387 e. The molecule has 0 saturated carbocycles. The van der Waals surface area contributed by atoms with Crippen molar-refractivity contribution in [2.75, 3.05) is 0 Å². The highest BCUT2D eigenvalue weighted by atomic mass is 19.3. The van der Waals surface area contributed by atoms with Crippen LogP contribution >= 0.6 is 0 Å². The van der Waals surface area contributed by atoms with E-state index < -0.39 is 6.61 Å². The maximum Gasteiger partial charge on any atom is 0.387 e. The number of benzene rings is 1.